The molecule has 0 spiro atoms. The monoisotopic (exact) mass is 286 g/mol. The zero-order chi connectivity index (χ0) is 14.1. The second kappa shape index (κ2) is 5.23. The molecular formula is C17H12ClFO. The summed E-state index contributed by atoms with van der Waals surface area (Å²) in [6.45, 7) is 0. The number of hydrogen-bond acceptors (Lipinski definition) is 1. The fourth-order valence-corrected chi connectivity index (χ4v) is 2.60. The van der Waals surface area contributed by atoms with Gasteiger partial charge in [0.05, 0.1) is 0 Å². The normalized spacial score (nSPS) is 12.6. The second-order valence-electron chi connectivity index (χ2n) is 4.64. The Hall–Kier alpha value is -1.90. The Morgan fingerprint density at radius 3 is 2.50 bits per heavy atom. The van der Waals surface area contributed by atoms with Gasteiger partial charge in [-0.3, -0.25) is 0 Å². The molecular weight excluding hydrogens is 275 g/mol. The van der Waals surface area contributed by atoms with Crippen molar-refractivity contribution in [1.29, 1.82) is 0 Å². The third-order valence-electron chi connectivity index (χ3n) is 3.37. The molecule has 0 aromatic heterocycles. The van der Waals surface area contributed by atoms with Crippen molar-refractivity contribution in [3.63, 3.8) is 0 Å². The van der Waals surface area contributed by atoms with Gasteiger partial charge in [-0.15, -0.1) is 0 Å². The Bertz CT molecular complexity index is 765. The molecule has 0 aliphatic rings. The summed E-state index contributed by atoms with van der Waals surface area (Å²) < 4.78 is 13.4. The molecule has 0 amide bonds. The van der Waals surface area contributed by atoms with E-state index in [2.05, 4.69) is 0 Å². The molecule has 0 bridgehead atoms. The lowest BCUT2D eigenvalue weighted by atomic mass is 9.96. The van der Waals surface area contributed by atoms with Gasteiger partial charge in [0.15, 0.2) is 0 Å². The Morgan fingerprint density at radius 1 is 0.900 bits per heavy atom. The van der Waals surface area contributed by atoms with Crippen molar-refractivity contribution in [3.05, 3.63) is 82.6 Å². The van der Waals surface area contributed by atoms with Crippen LogP contribution in [-0.4, -0.2) is 5.11 Å². The quantitative estimate of drug-likeness (QED) is 0.723. The minimum absolute atomic E-state index is 0.354. The molecule has 1 nitrogen and oxygen atoms in total. The highest BCUT2D eigenvalue weighted by molar-refractivity contribution is 6.31. The van der Waals surface area contributed by atoms with Gasteiger partial charge in [-0.1, -0.05) is 54.1 Å². The fraction of sp³-hybridized carbons (Fsp3) is 0.0588. The van der Waals surface area contributed by atoms with Crippen LogP contribution in [0, 0.1) is 5.82 Å². The Kier molecular flexibility index (Phi) is 3.43. The fourth-order valence-electron chi connectivity index (χ4n) is 2.38. The van der Waals surface area contributed by atoms with E-state index in [1.54, 1.807) is 0 Å². The van der Waals surface area contributed by atoms with E-state index in [1.807, 2.05) is 42.5 Å². The molecule has 1 N–H and O–H groups in total. The van der Waals surface area contributed by atoms with E-state index in [9.17, 15) is 9.50 Å². The number of aliphatic hydroxyl groups is 1. The Morgan fingerprint density at radius 2 is 1.65 bits per heavy atom. The first kappa shape index (κ1) is 13.1. The molecule has 0 aliphatic heterocycles. The standard InChI is InChI=1S/C17H12ClFO/c18-16-9-8-12(19)10-15(16)17(20)14-7-3-5-11-4-1-2-6-13(11)14/h1-10,17,20H. The minimum atomic E-state index is -0.954. The van der Waals surface area contributed by atoms with Crippen molar-refractivity contribution < 1.29 is 9.50 Å². The van der Waals surface area contributed by atoms with Crippen molar-refractivity contribution in [2.75, 3.05) is 0 Å². The van der Waals surface area contributed by atoms with E-state index in [1.165, 1.54) is 18.2 Å². The molecule has 3 rings (SSSR count). The van der Waals surface area contributed by atoms with Crippen molar-refractivity contribution >= 4 is 22.4 Å². The van der Waals surface area contributed by atoms with Crippen LogP contribution >= 0.6 is 11.6 Å². The van der Waals surface area contributed by atoms with Crippen LogP contribution in [0.1, 0.15) is 17.2 Å². The van der Waals surface area contributed by atoms with Crippen LogP contribution in [0.5, 0.6) is 0 Å². The Labute approximate surface area is 121 Å². The molecule has 3 aromatic rings. The van der Waals surface area contributed by atoms with Gasteiger partial charge < -0.3 is 5.11 Å². The van der Waals surface area contributed by atoms with Gasteiger partial charge in [0.25, 0.3) is 0 Å². The maximum atomic E-state index is 13.4. The van der Waals surface area contributed by atoms with Crippen molar-refractivity contribution in [2.45, 2.75) is 6.10 Å². The van der Waals surface area contributed by atoms with Gasteiger partial charge in [-0.2, -0.15) is 0 Å². The Balaban J connectivity index is 2.17. The van der Waals surface area contributed by atoms with E-state index < -0.39 is 11.9 Å². The maximum absolute atomic E-state index is 13.4. The highest BCUT2D eigenvalue weighted by Crippen LogP contribution is 2.32. The highest BCUT2D eigenvalue weighted by atomic mass is 35.5. The van der Waals surface area contributed by atoms with Crippen LogP contribution in [0.15, 0.2) is 60.7 Å². The molecule has 1 atom stereocenters. The number of aliphatic hydroxyl groups excluding tert-OH is 1. The van der Waals surface area contributed by atoms with E-state index in [4.69, 9.17) is 11.6 Å². The zero-order valence-electron chi connectivity index (χ0n) is 10.6. The van der Waals surface area contributed by atoms with E-state index >= 15 is 0 Å². The van der Waals surface area contributed by atoms with Crippen molar-refractivity contribution in [1.82, 2.24) is 0 Å². The van der Waals surface area contributed by atoms with Gasteiger partial charge in [0, 0.05) is 10.6 Å². The number of halogens is 2. The summed E-state index contributed by atoms with van der Waals surface area (Å²) in [5.74, 6) is -0.413. The van der Waals surface area contributed by atoms with Crippen molar-refractivity contribution in [2.24, 2.45) is 0 Å². The third-order valence-corrected chi connectivity index (χ3v) is 3.71. The average Bonchev–Trinajstić information content (AvgIpc) is 2.48. The number of hydrogen-bond donors (Lipinski definition) is 1. The third kappa shape index (κ3) is 2.28. The minimum Gasteiger partial charge on any atom is -0.384 e. The zero-order valence-corrected chi connectivity index (χ0v) is 11.3. The molecule has 0 radical (unpaired) electrons. The first-order valence-electron chi connectivity index (χ1n) is 6.27. The summed E-state index contributed by atoms with van der Waals surface area (Å²) in [5, 5.41) is 12.9. The van der Waals surface area contributed by atoms with Crippen LogP contribution in [0.25, 0.3) is 10.8 Å². The molecule has 3 aromatic carbocycles. The first-order chi connectivity index (χ1) is 9.66. The molecule has 0 heterocycles. The van der Waals surface area contributed by atoms with E-state index in [-0.39, 0.29) is 0 Å². The predicted molar refractivity (Wildman–Crippen MR) is 79.4 cm³/mol. The first-order valence-corrected chi connectivity index (χ1v) is 6.65. The molecule has 0 saturated heterocycles. The molecule has 100 valence electrons. The highest BCUT2D eigenvalue weighted by Gasteiger charge is 2.16. The topological polar surface area (TPSA) is 20.2 Å². The molecule has 0 saturated carbocycles. The lowest BCUT2D eigenvalue weighted by molar-refractivity contribution is 0.221. The summed E-state index contributed by atoms with van der Waals surface area (Å²) >= 11 is 6.07. The van der Waals surface area contributed by atoms with E-state index in [0.717, 1.165) is 16.3 Å². The van der Waals surface area contributed by atoms with Gasteiger partial charge >= 0.3 is 0 Å². The van der Waals surface area contributed by atoms with Crippen LogP contribution in [-0.2, 0) is 0 Å². The van der Waals surface area contributed by atoms with Crippen LogP contribution in [0.4, 0.5) is 4.39 Å². The van der Waals surface area contributed by atoms with Crippen molar-refractivity contribution in [3.8, 4) is 0 Å². The summed E-state index contributed by atoms with van der Waals surface area (Å²) in [5.41, 5.74) is 1.10. The molecule has 0 fully saturated rings. The summed E-state index contributed by atoms with van der Waals surface area (Å²) in [7, 11) is 0. The smallest absolute Gasteiger partial charge is 0.123 e. The molecule has 0 aliphatic carbocycles. The molecule has 1 unspecified atom stereocenters. The SMILES string of the molecule is OC(c1cc(F)ccc1Cl)c1cccc2ccccc12. The maximum Gasteiger partial charge on any atom is 0.123 e. The summed E-state index contributed by atoms with van der Waals surface area (Å²) in [6.07, 6.45) is -0.954. The van der Waals surface area contributed by atoms with Crippen LogP contribution in [0.3, 0.4) is 0 Å². The van der Waals surface area contributed by atoms with Gasteiger partial charge in [0.1, 0.15) is 11.9 Å². The lowest BCUT2D eigenvalue weighted by Crippen LogP contribution is -2.02. The van der Waals surface area contributed by atoms with Crippen LogP contribution < -0.4 is 0 Å². The van der Waals surface area contributed by atoms with Gasteiger partial charge in [0.2, 0.25) is 0 Å². The van der Waals surface area contributed by atoms with Gasteiger partial charge in [-0.25, -0.2) is 4.39 Å². The summed E-state index contributed by atoms with van der Waals surface area (Å²) in [6, 6.07) is 17.4. The van der Waals surface area contributed by atoms with E-state index in [0.29, 0.717) is 10.6 Å². The van der Waals surface area contributed by atoms with Gasteiger partial charge in [-0.05, 0) is 34.5 Å². The average molecular weight is 287 g/mol. The number of rotatable bonds is 2. The largest absolute Gasteiger partial charge is 0.384 e. The van der Waals surface area contributed by atoms with Crippen LogP contribution in [0.2, 0.25) is 5.02 Å². The molecule has 20 heavy (non-hydrogen) atoms. The predicted octanol–water partition coefficient (Wildman–Crippen LogP) is 4.71. The molecule has 3 heteroatoms. The lowest BCUT2D eigenvalue weighted by Gasteiger charge is -2.15. The number of fused-ring (bicyclic) bond motifs is 1. The second-order valence-corrected chi connectivity index (χ2v) is 5.04. The number of benzene rings is 3. The summed E-state index contributed by atoms with van der Waals surface area (Å²) in [4.78, 5) is 0.